The third-order valence-corrected chi connectivity index (χ3v) is 7.84. The van der Waals surface area contributed by atoms with Gasteiger partial charge >= 0.3 is 0 Å². The average Bonchev–Trinajstić information content (AvgIpc) is 3.38. The minimum absolute atomic E-state index is 0.0686. The summed E-state index contributed by atoms with van der Waals surface area (Å²) in [6.07, 6.45) is 3.61. The Labute approximate surface area is 251 Å². The summed E-state index contributed by atoms with van der Waals surface area (Å²) in [6, 6.07) is 26.9. The summed E-state index contributed by atoms with van der Waals surface area (Å²) < 4.78 is 5.29. The van der Waals surface area contributed by atoms with Crippen LogP contribution in [0.15, 0.2) is 85.1 Å². The molecule has 42 heavy (non-hydrogen) atoms. The normalized spacial score (nSPS) is 12.6. The molecule has 4 aromatic rings. The molecule has 4 rings (SSSR count). The van der Waals surface area contributed by atoms with E-state index in [1.54, 1.807) is 7.11 Å². The quantitative estimate of drug-likeness (QED) is 0.173. The van der Waals surface area contributed by atoms with Crippen LogP contribution >= 0.6 is 0 Å². The van der Waals surface area contributed by atoms with Crippen molar-refractivity contribution in [1.82, 2.24) is 14.8 Å². The molecule has 0 bridgehead atoms. The Morgan fingerprint density at radius 1 is 0.929 bits per heavy atom. The largest absolute Gasteiger partial charge is 0.391 e. The van der Waals surface area contributed by atoms with Gasteiger partial charge in [0.1, 0.15) is 0 Å². The molecule has 0 spiro atoms. The second-order valence-electron chi connectivity index (χ2n) is 12.3. The van der Waals surface area contributed by atoms with E-state index in [0.717, 1.165) is 29.5 Å². The van der Waals surface area contributed by atoms with Gasteiger partial charge in [0.2, 0.25) is 5.91 Å². The molecular weight excluding hydrogens is 522 g/mol. The molecule has 1 heterocycles. The van der Waals surface area contributed by atoms with Crippen molar-refractivity contribution >= 4 is 16.8 Å². The van der Waals surface area contributed by atoms with Gasteiger partial charge in [-0.25, -0.2) is 0 Å². The molecule has 0 saturated heterocycles. The lowest BCUT2D eigenvalue weighted by molar-refractivity contribution is -0.133. The zero-order valence-electron chi connectivity index (χ0n) is 25.7. The third kappa shape index (κ3) is 9.28. The molecule has 0 saturated carbocycles. The number of fused-ring (bicyclic) bond motifs is 1. The molecule has 0 aliphatic carbocycles. The number of nitrogens with one attached hydrogen (secondary N) is 1. The number of benzene rings is 3. The first kappa shape index (κ1) is 31.5. The number of aliphatic hydroxyl groups is 1. The number of hydrogen-bond acceptors (Lipinski definition) is 4. The SMILES string of the molecule is COCCCN(CC(=O)N(CCc1c[nH]c2ccccc12)Cc1ccc(C(C)(C)C)cc1)C[C@H](O)Cc1ccccc1. The molecule has 0 unspecified atom stereocenters. The van der Waals surface area contributed by atoms with Gasteiger partial charge in [-0.2, -0.15) is 0 Å². The molecule has 2 N–H and O–H groups in total. The number of ether oxygens (including phenoxy) is 1. The fourth-order valence-corrected chi connectivity index (χ4v) is 5.42. The van der Waals surface area contributed by atoms with Crippen LogP contribution in [0.3, 0.4) is 0 Å². The van der Waals surface area contributed by atoms with Crippen molar-refractivity contribution in [2.75, 3.05) is 39.9 Å². The first-order valence-corrected chi connectivity index (χ1v) is 15.1. The highest BCUT2D eigenvalue weighted by Gasteiger charge is 2.21. The molecule has 6 nitrogen and oxygen atoms in total. The van der Waals surface area contributed by atoms with Crippen molar-refractivity contribution in [3.63, 3.8) is 0 Å². The number of aromatic nitrogens is 1. The van der Waals surface area contributed by atoms with Gasteiger partial charge in [-0.05, 0) is 53.0 Å². The number of amides is 1. The number of aliphatic hydroxyl groups excluding tert-OH is 1. The van der Waals surface area contributed by atoms with Gasteiger partial charge in [0.05, 0.1) is 12.6 Å². The van der Waals surface area contributed by atoms with E-state index in [2.05, 4.69) is 79.3 Å². The third-order valence-electron chi connectivity index (χ3n) is 7.84. The van der Waals surface area contributed by atoms with Crippen LogP contribution in [-0.2, 0) is 34.3 Å². The molecule has 3 aromatic carbocycles. The summed E-state index contributed by atoms with van der Waals surface area (Å²) in [7, 11) is 1.69. The van der Waals surface area contributed by atoms with Crippen LogP contribution in [0.1, 0.15) is 49.4 Å². The van der Waals surface area contributed by atoms with Crippen LogP contribution in [0.2, 0.25) is 0 Å². The van der Waals surface area contributed by atoms with E-state index >= 15 is 0 Å². The van der Waals surface area contributed by atoms with E-state index in [1.165, 1.54) is 16.5 Å². The summed E-state index contributed by atoms with van der Waals surface area (Å²) >= 11 is 0. The number of nitrogens with zero attached hydrogens (tertiary/aromatic N) is 2. The molecule has 224 valence electrons. The molecule has 1 atom stereocenters. The average molecular weight is 570 g/mol. The Morgan fingerprint density at radius 3 is 2.36 bits per heavy atom. The highest BCUT2D eigenvalue weighted by molar-refractivity contribution is 5.83. The van der Waals surface area contributed by atoms with Crippen LogP contribution in [0.25, 0.3) is 10.9 Å². The molecule has 0 radical (unpaired) electrons. The molecule has 0 fully saturated rings. The van der Waals surface area contributed by atoms with Gasteiger partial charge in [-0.3, -0.25) is 9.69 Å². The number of para-hydroxylation sites is 1. The lowest BCUT2D eigenvalue weighted by atomic mass is 9.87. The van der Waals surface area contributed by atoms with Crippen molar-refractivity contribution in [3.8, 4) is 0 Å². The highest BCUT2D eigenvalue weighted by Crippen LogP contribution is 2.23. The summed E-state index contributed by atoms with van der Waals surface area (Å²) in [5.41, 5.74) is 5.88. The van der Waals surface area contributed by atoms with Crippen LogP contribution in [0, 0.1) is 0 Å². The Kier molecular flexibility index (Phi) is 11.4. The van der Waals surface area contributed by atoms with Crippen LogP contribution < -0.4 is 0 Å². The number of hydrogen-bond donors (Lipinski definition) is 2. The van der Waals surface area contributed by atoms with Crippen molar-refractivity contribution < 1.29 is 14.6 Å². The number of rotatable bonds is 15. The van der Waals surface area contributed by atoms with E-state index < -0.39 is 6.10 Å². The molecule has 0 aliphatic rings. The smallest absolute Gasteiger partial charge is 0.237 e. The standard InChI is InChI=1S/C36H47N3O3/c1-36(2,3)31-17-15-29(16-18-31)25-39(21-19-30-24-37-34-14-9-8-13-33(30)34)35(41)27-38(20-10-22-42-4)26-32(40)23-28-11-6-5-7-12-28/h5-9,11-18,24,32,37,40H,10,19-23,25-27H2,1-4H3/t32-/m1/s1. The van der Waals surface area contributed by atoms with Crippen molar-refractivity contribution in [2.45, 2.75) is 58.1 Å². The number of methoxy groups -OCH3 is 1. The summed E-state index contributed by atoms with van der Waals surface area (Å²) in [6.45, 7) is 9.77. The minimum Gasteiger partial charge on any atom is -0.391 e. The van der Waals surface area contributed by atoms with E-state index in [0.29, 0.717) is 39.2 Å². The first-order chi connectivity index (χ1) is 20.2. The maximum atomic E-state index is 13.9. The summed E-state index contributed by atoms with van der Waals surface area (Å²) in [5.74, 6) is 0.0686. The maximum Gasteiger partial charge on any atom is 0.237 e. The predicted molar refractivity (Wildman–Crippen MR) is 172 cm³/mol. The zero-order chi connectivity index (χ0) is 30.0. The zero-order valence-corrected chi connectivity index (χ0v) is 25.7. The Bertz CT molecular complexity index is 1380. The van der Waals surface area contributed by atoms with Gasteiger partial charge in [0.25, 0.3) is 0 Å². The number of carbonyl (C=O) groups is 1. The lowest BCUT2D eigenvalue weighted by Crippen LogP contribution is -2.44. The fourth-order valence-electron chi connectivity index (χ4n) is 5.42. The van der Waals surface area contributed by atoms with E-state index in [9.17, 15) is 9.90 Å². The first-order valence-electron chi connectivity index (χ1n) is 15.1. The Balaban J connectivity index is 1.49. The molecule has 6 heteroatoms. The van der Waals surface area contributed by atoms with Crippen molar-refractivity contribution in [3.05, 3.63) is 107 Å². The number of aromatic amines is 1. The van der Waals surface area contributed by atoms with E-state index in [1.807, 2.05) is 41.3 Å². The topological polar surface area (TPSA) is 68.8 Å². The second kappa shape index (κ2) is 15.1. The summed E-state index contributed by atoms with van der Waals surface area (Å²) in [5, 5.41) is 12.1. The predicted octanol–water partition coefficient (Wildman–Crippen LogP) is 5.98. The van der Waals surface area contributed by atoms with E-state index in [-0.39, 0.29) is 17.9 Å². The van der Waals surface area contributed by atoms with E-state index in [4.69, 9.17) is 4.74 Å². The minimum atomic E-state index is -0.563. The monoisotopic (exact) mass is 569 g/mol. The molecule has 1 aromatic heterocycles. The molecule has 0 aliphatic heterocycles. The highest BCUT2D eigenvalue weighted by atomic mass is 16.5. The Morgan fingerprint density at radius 2 is 1.64 bits per heavy atom. The van der Waals surface area contributed by atoms with Gasteiger partial charge < -0.3 is 19.7 Å². The number of H-pyrrole nitrogens is 1. The lowest BCUT2D eigenvalue weighted by Gasteiger charge is -2.29. The second-order valence-corrected chi connectivity index (χ2v) is 12.3. The van der Waals surface area contributed by atoms with Crippen molar-refractivity contribution in [1.29, 1.82) is 0 Å². The molecule has 1 amide bonds. The van der Waals surface area contributed by atoms with Crippen molar-refractivity contribution in [2.24, 2.45) is 0 Å². The molecular formula is C36H47N3O3. The van der Waals surface area contributed by atoms with Gasteiger partial charge in [-0.15, -0.1) is 0 Å². The summed E-state index contributed by atoms with van der Waals surface area (Å²) in [4.78, 5) is 21.4. The van der Waals surface area contributed by atoms with Gasteiger partial charge in [0.15, 0.2) is 0 Å². The maximum absolute atomic E-state index is 13.9. The number of carbonyl (C=O) groups excluding carboxylic acids is 1. The van der Waals surface area contributed by atoms with Crippen LogP contribution in [-0.4, -0.2) is 71.8 Å². The van der Waals surface area contributed by atoms with Crippen LogP contribution in [0.5, 0.6) is 0 Å². The Hall–Kier alpha value is -3.45. The van der Waals surface area contributed by atoms with Gasteiger partial charge in [-0.1, -0.05) is 93.6 Å². The van der Waals surface area contributed by atoms with Gasteiger partial charge in [0, 0.05) is 57.0 Å². The fraction of sp³-hybridized carbons (Fsp3) is 0.417. The van der Waals surface area contributed by atoms with Crippen LogP contribution in [0.4, 0.5) is 0 Å².